The zero-order valence-electron chi connectivity index (χ0n) is 21.2. The fourth-order valence-electron chi connectivity index (χ4n) is 3.84. The number of hydrogen-bond donors (Lipinski definition) is 1. The molecule has 1 fully saturated rings. The summed E-state index contributed by atoms with van der Waals surface area (Å²) in [6.45, 7) is 11.7. The first kappa shape index (κ1) is 26.0. The molecule has 1 aliphatic rings. The molecule has 3 amide bonds. The largest absolute Gasteiger partial charge is 0.450 e. The minimum Gasteiger partial charge on any atom is -0.450 e. The van der Waals surface area contributed by atoms with E-state index >= 15 is 0 Å². The Morgan fingerprint density at radius 3 is 2.29 bits per heavy atom. The quantitative estimate of drug-likeness (QED) is 0.607. The van der Waals surface area contributed by atoms with E-state index in [0.717, 1.165) is 5.56 Å². The molecule has 1 aliphatic heterocycles. The number of nitrogens with zero attached hydrogens (tertiary/aromatic N) is 4. The summed E-state index contributed by atoms with van der Waals surface area (Å²) in [5.41, 5.74) is 3.37. The lowest BCUT2D eigenvalue weighted by Crippen LogP contribution is -2.52. The van der Waals surface area contributed by atoms with E-state index in [0.29, 0.717) is 50.1 Å². The predicted molar refractivity (Wildman–Crippen MR) is 135 cm³/mol. The van der Waals surface area contributed by atoms with Gasteiger partial charge in [0, 0.05) is 38.5 Å². The van der Waals surface area contributed by atoms with Crippen LogP contribution in [0.15, 0.2) is 36.5 Å². The molecule has 188 valence electrons. The van der Waals surface area contributed by atoms with E-state index in [9.17, 15) is 14.4 Å². The van der Waals surface area contributed by atoms with Crippen LogP contribution in [-0.2, 0) is 14.3 Å². The van der Waals surface area contributed by atoms with E-state index < -0.39 is 6.04 Å². The molecule has 1 N–H and O–H groups in total. The predicted octanol–water partition coefficient (Wildman–Crippen LogP) is 3.83. The van der Waals surface area contributed by atoms with Crippen molar-refractivity contribution in [1.82, 2.24) is 19.6 Å². The highest BCUT2D eigenvalue weighted by Gasteiger charge is 2.29. The number of piperazine rings is 1. The second-order valence-corrected chi connectivity index (χ2v) is 8.94. The Kier molecular flexibility index (Phi) is 8.68. The molecule has 9 heteroatoms. The highest BCUT2D eigenvalue weighted by Crippen LogP contribution is 2.19. The van der Waals surface area contributed by atoms with Crippen molar-refractivity contribution >= 4 is 29.7 Å². The van der Waals surface area contributed by atoms with Gasteiger partial charge in [0.25, 0.3) is 0 Å². The number of hydrogen-bond acceptors (Lipinski definition) is 5. The molecule has 2 heterocycles. The van der Waals surface area contributed by atoms with Gasteiger partial charge < -0.3 is 19.9 Å². The SMILES string of the molecule is CCOC(=O)N1CCN(C(=O)C(C)n2cc(NC(=O)/C=C/c3ccc(C(C)C)cc3)c(C)n2)CC1. The molecule has 0 bridgehead atoms. The molecular formula is C26H35N5O4. The van der Waals surface area contributed by atoms with Crippen LogP contribution in [0.25, 0.3) is 6.08 Å². The number of nitrogens with one attached hydrogen (secondary N) is 1. The maximum Gasteiger partial charge on any atom is 0.409 e. The van der Waals surface area contributed by atoms with Gasteiger partial charge >= 0.3 is 6.09 Å². The number of carbonyl (C=O) groups is 3. The number of anilines is 1. The van der Waals surface area contributed by atoms with E-state index in [4.69, 9.17) is 4.74 Å². The summed E-state index contributed by atoms with van der Waals surface area (Å²) in [5.74, 6) is 0.104. The van der Waals surface area contributed by atoms with Crippen molar-refractivity contribution in [2.75, 3.05) is 38.1 Å². The summed E-state index contributed by atoms with van der Waals surface area (Å²) in [6.07, 6.45) is 4.58. The van der Waals surface area contributed by atoms with Crippen molar-refractivity contribution in [2.45, 2.75) is 46.6 Å². The number of ether oxygens (including phenoxy) is 1. The number of rotatable bonds is 7. The van der Waals surface area contributed by atoms with Gasteiger partial charge in [-0.3, -0.25) is 14.3 Å². The highest BCUT2D eigenvalue weighted by atomic mass is 16.6. The van der Waals surface area contributed by atoms with E-state index in [1.54, 1.807) is 47.5 Å². The lowest BCUT2D eigenvalue weighted by molar-refractivity contribution is -0.136. The van der Waals surface area contributed by atoms with Gasteiger partial charge in [0.15, 0.2) is 0 Å². The fourth-order valence-corrected chi connectivity index (χ4v) is 3.84. The molecule has 9 nitrogen and oxygen atoms in total. The second kappa shape index (κ2) is 11.7. The molecule has 3 rings (SSSR count). The van der Waals surface area contributed by atoms with Gasteiger partial charge in [-0.15, -0.1) is 0 Å². The molecule has 35 heavy (non-hydrogen) atoms. The third kappa shape index (κ3) is 6.71. The molecule has 2 aromatic rings. The summed E-state index contributed by atoms with van der Waals surface area (Å²) in [5, 5.41) is 7.28. The zero-order valence-corrected chi connectivity index (χ0v) is 21.2. The van der Waals surface area contributed by atoms with Crippen LogP contribution < -0.4 is 5.32 Å². The van der Waals surface area contributed by atoms with Gasteiger partial charge in [-0.2, -0.15) is 5.10 Å². The third-order valence-corrected chi connectivity index (χ3v) is 6.08. The topological polar surface area (TPSA) is 96.8 Å². The molecular weight excluding hydrogens is 446 g/mol. The van der Waals surface area contributed by atoms with Crippen molar-refractivity contribution in [3.63, 3.8) is 0 Å². The highest BCUT2D eigenvalue weighted by molar-refractivity contribution is 6.02. The minimum absolute atomic E-state index is 0.0846. The summed E-state index contributed by atoms with van der Waals surface area (Å²) in [6, 6.07) is 7.56. The summed E-state index contributed by atoms with van der Waals surface area (Å²) in [4.78, 5) is 40.7. The monoisotopic (exact) mass is 481 g/mol. The molecule has 0 radical (unpaired) electrons. The van der Waals surface area contributed by atoms with E-state index in [2.05, 4.69) is 36.4 Å². The lowest BCUT2D eigenvalue weighted by Gasteiger charge is -2.35. The van der Waals surface area contributed by atoms with Gasteiger partial charge in [-0.1, -0.05) is 38.1 Å². The maximum atomic E-state index is 13.0. The molecule has 1 saturated heterocycles. The molecule has 1 aromatic heterocycles. The van der Waals surface area contributed by atoms with Crippen molar-refractivity contribution in [2.24, 2.45) is 0 Å². The van der Waals surface area contributed by atoms with Gasteiger partial charge in [-0.05, 0) is 43.9 Å². The first-order valence-corrected chi connectivity index (χ1v) is 12.0. The molecule has 1 aromatic carbocycles. The van der Waals surface area contributed by atoms with Crippen LogP contribution in [0.5, 0.6) is 0 Å². The van der Waals surface area contributed by atoms with Crippen LogP contribution in [-0.4, -0.2) is 70.3 Å². The van der Waals surface area contributed by atoms with E-state index in [-0.39, 0.29) is 17.9 Å². The molecule has 1 atom stereocenters. The Labute approximate surface area is 206 Å². The number of amides is 3. The Bertz CT molecular complexity index is 1070. The van der Waals surface area contributed by atoms with Gasteiger partial charge in [0.1, 0.15) is 6.04 Å². The van der Waals surface area contributed by atoms with Gasteiger partial charge in [0.2, 0.25) is 11.8 Å². The number of aromatic nitrogens is 2. The number of aryl methyl sites for hydroxylation is 1. The molecule has 0 saturated carbocycles. The summed E-state index contributed by atoms with van der Waals surface area (Å²) in [7, 11) is 0. The first-order valence-electron chi connectivity index (χ1n) is 12.0. The fraction of sp³-hybridized carbons (Fsp3) is 0.462. The lowest BCUT2D eigenvalue weighted by atomic mass is 10.0. The van der Waals surface area contributed by atoms with Crippen LogP contribution in [0.1, 0.15) is 56.5 Å². The average Bonchev–Trinajstić information content (AvgIpc) is 3.22. The zero-order chi connectivity index (χ0) is 25.5. The molecule has 0 aliphatic carbocycles. The van der Waals surface area contributed by atoms with Crippen LogP contribution in [0.3, 0.4) is 0 Å². The van der Waals surface area contributed by atoms with Crippen molar-refractivity contribution in [1.29, 1.82) is 0 Å². The van der Waals surface area contributed by atoms with Crippen molar-refractivity contribution < 1.29 is 19.1 Å². The molecule has 0 spiro atoms. The smallest absolute Gasteiger partial charge is 0.409 e. The van der Waals surface area contributed by atoms with Crippen LogP contribution in [0.4, 0.5) is 10.5 Å². The van der Waals surface area contributed by atoms with E-state index in [1.807, 2.05) is 12.1 Å². The van der Waals surface area contributed by atoms with Crippen LogP contribution >= 0.6 is 0 Å². The van der Waals surface area contributed by atoms with Crippen molar-refractivity contribution in [3.05, 3.63) is 53.4 Å². The Hall–Kier alpha value is -3.62. The Balaban J connectivity index is 1.56. The second-order valence-electron chi connectivity index (χ2n) is 8.94. The summed E-state index contributed by atoms with van der Waals surface area (Å²) < 4.78 is 6.60. The molecule has 1 unspecified atom stereocenters. The Morgan fingerprint density at radius 1 is 1.06 bits per heavy atom. The van der Waals surface area contributed by atoms with Gasteiger partial charge in [-0.25, -0.2) is 4.79 Å². The minimum atomic E-state index is -0.538. The Morgan fingerprint density at radius 2 is 1.69 bits per heavy atom. The van der Waals surface area contributed by atoms with Crippen LogP contribution in [0.2, 0.25) is 0 Å². The standard InChI is InChI=1S/C26H35N5O4/c1-6-35-26(34)30-15-13-29(14-16-30)25(33)20(5)31-17-23(19(4)28-31)27-24(32)12-9-21-7-10-22(11-8-21)18(2)3/h7-12,17-18,20H,6,13-16H2,1-5H3,(H,27,32)/b12-9+. The third-order valence-electron chi connectivity index (χ3n) is 6.08. The first-order chi connectivity index (χ1) is 16.7. The normalized spacial score (nSPS) is 14.9. The van der Waals surface area contributed by atoms with E-state index in [1.165, 1.54) is 11.6 Å². The summed E-state index contributed by atoms with van der Waals surface area (Å²) >= 11 is 0. The maximum absolute atomic E-state index is 13.0. The van der Waals surface area contributed by atoms with Crippen LogP contribution in [0, 0.1) is 6.92 Å². The average molecular weight is 482 g/mol. The van der Waals surface area contributed by atoms with Crippen molar-refractivity contribution in [3.8, 4) is 0 Å². The van der Waals surface area contributed by atoms with Gasteiger partial charge in [0.05, 0.1) is 18.0 Å². The number of benzene rings is 1. The number of carbonyl (C=O) groups excluding carboxylic acids is 3.